The fraction of sp³-hybridized carbons (Fsp3) is 0.588. The maximum absolute atomic E-state index is 12.4. The Hall–Kier alpha value is -1.75. The minimum absolute atomic E-state index is 0.0438. The molecule has 5 nitrogen and oxygen atoms in total. The number of amides is 1. The number of benzene rings is 1. The van der Waals surface area contributed by atoms with E-state index in [1.165, 1.54) is 0 Å². The van der Waals surface area contributed by atoms with Gasteiger partial charge in [-0.3, -0.25) is 4.79 Å². The van der Waals surface area contributed by atoms with Gasteiger partial charge in [0.25, 0.3) is 0 Å². The van der Waals surface area contributed by atoms with E-state index in [4.69, 9.17) is 4.74 Å². The number of hydrogen-bond acceptors (Lipinski definition) is 4. The Labute approximate surface area is 133 Å². The van der Waals surface area contributed by atoms with Crippen LogP contribution < -0.4 is 15.0 Å². The quantitative estimate of drug-likeness (QED) is 0.916. The molecule has 0 bridgehead atoms. The number of nitrogens with one attached hydrogen (secondary N) is 1. The van der Waals surface area contributed by atoms with Crippen molar-refractivity contribution in [2.24, 2.45) is 5.92 Å². The number of ether oxygens (including phenoxy) is 1. The van der Waals surface area contributed by atoms with Crippen molar-refractivity contribution in [3.05, 3.63) is 23.8 Å². The Morgan fingerprint density at radius 3 is 2.77 bits per heavy atom. The summed E-state index contributed by atoms with van der Waals surface area (Å²) in [6, 6.07) is 6.07. The maximum atomic E-state index is 12.4. The third-order valence-electron chi connectivity index (χ3n) is 4.21. The van der Waals surface area contributed by atoms with Gasteiger partial charge in [-0.25, -0.2) is 0 Å². The molecule has 1 aliphatic heterocycles. The topological polar surface area (TPSA) is 44.8 Å². The molecule has 1 aromatic rings. The maximum Gasteiger partial charge on any atom is 0.226 e. The van der Waals surface area contributed by atoms with Crippen LogP contribution in [0.25, 0.3) is 0 Å². The first kappa shape index (κ1) is 16.6. The minimum Gasteiger partial charge on any atom is -0.488 e. The Morgan fingerprint density at radius 2 is 2.14 bits per heavy atom. The van der Waals surface area contributed by atoms with Crippen molar-refractivity contribution in [2.45, 2.75) is 19.4 Å². The van der Waals surface area contributed by atoms with Crippen molar-refractivity contribution in [3.8, 4) is 5.75 Å². The van der Waals surface area contributed by atoms with E-state index in [2.05, 4.69) is 12.2 Å². The van der Waals surface area contributed by atoms with Crippen molar-refractivity contribution in [1.29, 1.82) is 0 Å². The zero-order valence-corrected chi connectivity index (χ0v) is 14.2. The summed E-state index contributed by atoms with van der Waals surface area (Å²) in [5.41, 5.74) is 2.04. The number of likely N-dealkylation sites (N-methyl/N-ethyl adjacent to an activating group) is 2. The average Bonchev–Trinajstić information content (AvgIpc) is 2.50. The van der Waals surface area contributed by atoms with Gasteiger partial charge >= 0.3 is 0 Å². The highest BCUT2D eigenvalue weighted by Crippen LogP contribution is 2.28. The van der Waals surface area contributed by atoms with Crippen LogP contribution in [0.1, 0.15) is 12.5 Å². The van der Waals surface area contributed by atoms with Crippen LogP contribution >= 0.6 is 0 Å². The van der Waals surface area contributed by atoms with Gasteiger partial charge in [-0.2, -0.15) is 0 Å². The number of carbonyl (C=O) groups excluding carboxylic acids is 1. The lowest BCUT2D eigenvalue weighted by molar-refractivity contribution is -0.129. The molecule has 122 valence electrons. The fourth-order valence-corrected chi connectivity index (χ4v) is 2.77. The van der Waals surface area contributed by atoms with E-state index >= 15 is 0 Å². The molecule has 0 saturated heterocycles. The third kappa shape index (κ3) is 3.71. The molecule has 0 radical (unpaired) electrons. The van der Waals surface area contributed by atoms with Crippen molar-refractivity contribution < 1.29 is 9.53 Å². The third-order valence-corrected chi connectivity index (χ3v) is 4.21. The Kier molecular flexibility index (Phi) is 5.29. The molecular formula is C17H27N3O2. The van der Waals surface area contributed by atoms with Crippen LogP contribution in [0.4, 0.5) is 5.69 Å². The van der Waals surface area contributed by atoms with Crippen LogP contribution in [0.15, 0.2) is 18.2 Å². The van der Waals surface area contributed by atoms with Gasteiger partial charge in [-0.1, -0.05) is 6.92 Å². The van der Waals surface area contributed by atoms with Crippen LogP contribution in [-0.2, 0) is 11.2 Å². The highest BCUT2D eigenvalue weighted by molar-refractivity contribution is 5.80. The summed E-state index contributed by atoms with van der Waals surface area (Å²) in [6.45, 7) is 3.60. The highest BCUT2D eigenvalue weighted by Gasteiger charge is 2.26. The summed E-state index contributed by atoms with van der Waals surface area (Å²) >= 11 is 0. The lowest BCUT2D eigenvalue weighted by Gasteiger charge is -2.27. The molecule has 0 saturated carbocycles. The predicted octanol–water partition coefficient (Wildman–Crippen LogP) is 1.37. The summed E-state index contributed by atoms with van der Waals surface area (Å²) in [5, 5.41) is 3.19. The molecular weight excluding hydrogens is 278 g/mol. The Bertz CT molecular complexity index is 531. The molecule has 0 aromatic heterocycles. The molecule has 0 aliphatic carbocycles. The first-order valence-electron chi connectivity index (χ1n) is 7.77. The summed E-state index contributed by atoms with van der Waals surface area (Å²) < 4.78 is 6.24. The number of rotatable bonds is 3. The molecule has 2 rings (SSSR count). The van der Waals surface area contributed by atoms with Gasteiger partial charge in [0.1, 0.15) is 11.9 Å². The van der Waals surface area contributed by atoms with Gasteiger partial charge in [-0.15, -0.1) is 0 Å². The molecule has 5 heteroatoms. The average molecular weight is 305 g/mol. The van der Waals surface area contributed by atoms with Gasteiger partial charge in [-0.05, 0) is 25.2 Å². The van der Waals surface area contributed by atoms with E-state index in [0.29, 0.717) is 13.0 Å². The first-order chi connectivity index (χ1) is 10.4. The lowest BCUT2D eigenvalue weighted by Crippen LogP contribution is -2.41. The first-order valence-corrected chi connectivity index (χ1v) is 7.77. The molecule has 0 unspecified atom stereocenters. The highest BCUT2D eigenvalue weighted by atomic mass is 16.5. The molecule has 1 heterocycles. The second-order valence-electron chi connectivity index (χ2n) is 6.33. The van der Waals surface area contributed by atoms with Gasteiger partial charge in [0.15, 0.2) is 0 Å². The standard InChI is InChI=1S/C17H27N3O2/c1-12-11-20(5)17(21)9-13-8-14(19(3)4)6-7-15(13)22-16(12)10-18-2/h6-8,12,16,18H,9-11H2,1-5H3/t12-,16-/m0/s1. The molecule has 1 aromatic carbocycles. The SMILES string of the molecule is CNC[C@@H]1Oc2ccc(N(C)C)cc2CC(=O)N(C)C[C@@H]1C. The van der Waals surface area contributed by atoms with Gasteiger partial charge < -0.3 is 19.9 Å². The van der Waals surface area contributed by atoms with Crippen molar-refractivity contribution in [2.75, 3.05) is 46.2 Å². The summed E-state index contributed by atoms with van der Waals surface area (Å²) in [4.78, 5) is 16.3. The number of hydrogen-bond donors (Lipinski definition) is 1. The molecule has 22 heavy (non-hydrogen) atoms. The van der Waals surface area contributed by atoms with Gasteiger partial charge in [0.2, 0.25) is 5.91 Å². The number of anilines is 1. The van der Waals surface area contributed by atoms with Crippen molar-refractivity contribution in [3.63, 3.8) is 0 Å². The Morgan fingerprint density at radius 1 is 1.41 bits per heavy atom. The zero-order valence-electron chi connectivity index (χ0n) is 14.2. The largest absolute Gasteiger partial charge is 0.488 e. The predicted molar refractivity (Wildman–Crippen MR) is 89.6 cm³/mol. The van der Waals surface area contributed by atoms with Crippen LogP contribution in [-0.4, -0.2) is 58.2 Å². The number of fused-ring (bicyclic) bond motifs is 1. The monoisotopic (exact) mass is 305 g/mol. The van der Waals surface area contributed by atoms with Crippen LogP contribution in [0.3, 0.4) is 0 Å². The van der Waals surface area contributed by atoms with E-state index in [9.17, 15) is 4.79 Å². The van der Waals surface area contributed by atoms with Crippen LogP contribution in [0, 0.1) is 5.92 Å². The summed E-state index contributed by atoms with van der Waals surface area (Å²) in [5.74, 6) is 1.22. The number of nitrogens with zero attached hydrogens (tertiary/aromatic N) is 2. The summed E-state index contributed by atoms with van der Waals surface area (Å²) in [7, 11) is 7.79. The summed E-state index contributed by atoms with van der Waals surface area (Å²) in [6.07, 6.45) is 0.425. The van der Waals surface area contributed by atoms with Gasteiger partial charge in [0, 0.05) is 51.4 Å². The van der Waals surface area contributed by atoms with Crippen LogP contribution in [0.5, 0.6) is 5.75 Å². The normalized spacial score (nSPS) is 22.2. The smallest absolute Gasteiger partial charge is 0.226 e. The Balaban J connectivity index is 2.40. The molecule has 0 fully saturated rings. The molecule has 0 spiro atoms. The molecule has 1 amide bonds. The zero-order chi connectivity index (χ0) is 16.3. The van der Waals surface area contributed by atoms with E-state index in [0.717, 1.165) is 23.5 Å². The molecule has 1 aliphatic rings. The van der Waals surface area contributed by atoms with E-state index in [-0.39, 0.29) is 17.9 Å². The number of carbonyl (C=O) groups is 1. The minimum atomic E-state index is 0.0438. The van der Waals surface area contributed by atoms with Crippen LogP contribution in [0.2, 0.25) is 0 Å². The molecule has 2 atom stereocenters. The lowest BCUT2D eigenvalue weighted by atomic mass is 10.0. The van der Waals surface area contributed by atoms with Crippen molar-refractivity contribution >= 4 is 11.6 Å². The fourth-order valence-electron chi connectivity index (χ4n) is 2.77. The van der Waals surface area contributed by atoms with Crippen molar-refractivity contribution in [1.82, 2.24) is 10.2 Å². The molecule has 1 N–H and O–H groups in total. The van der Waals surface area contributed by atoms with Gasteiger partial charge in [0.05, 0.1) is 6.42 Å². The second-order valence-corrected chi connectivity index (χ2v) is 6.33. The van der Waals surface area contributed by atoms with E-state index in [1.54, 1.807) is 0 Å². The second kappa shape index (κ2) is 7.01. The van der Waals surface area contributed by atoms with E-state index < -0.39 is 0 Å². The van der Waals surface area contributed by atoms with E-state index in [1.807, 2.05) is 56.2 Å².